The Kier molecular flexibility index (Phi) is 7.59. The molecule has 1 saturated heterocycles. The summed E-state index contributed by atoms with van der Waals surface area (Å²) in [4.78, 5) is 54.8. The molecule has 0 saturated carbocycles. The van der Waals surface area contributed by atoms with Gasteiger partial charge < -0.3 is 5.32 Å². The normalized spacial score (nSPS) is 19.7. The van der Waals surface area contributed by atoms with Crippen molar-refractivity contribution < 1.29 is 27.6 Å². The molecular weight excluding hydrogens is 667 g/mol. The number of imide groups is 1. The number of nitrogens with one attached hydrogen (secondary N) is 1. The van der Waals surface area contributed by atoms with Gasteiger partial charge in [-0.2, -0.15) is 13.2 Å². The molecule has 0 bridgehead atoms. The lowest BCUT2D eigenvalue weighted by Crippen LogP contribution is -2.33. The number of halogens is 4. The van der Waals surface area contributed by atoms with Gasteiger partial charge in [0, 0.05) is 21.0 Å². The van der Waals surface area contributed by atoms with Crippen molar-refractivity contribution in [1.29, 1.82) is 0 Å². The highest BCUT2D eigenvalue weighted by Gasteiger charge is 2.57. The maximum Gasteiger partial charge on any atom is 0.418 e. The monoisotopic (exact) mass is 687 g/mol. The van der Waals surface area contributed by atoms with Crippen molar-refractivity contribution in [3.05, 3.63) is 109 Å². The average Bonchev–Trinajstić information content (AvgIpc) is 3.39. The van der Waals surface area contributed by atoms with Crippen molar-refractivity contribution in [1.82, 2.24) is 4.57 Å². The van der Waals surface area contributed by atoms with Crippen LogP contribution in [-0.2, 0) is 27.1 Å². The van der Waals surface area contributed by atoms with Gasteiger partial charge in [-0.15, -0.1) is 0 Å². The number of thioether (sulfide) groups is 1. The largest absolute Gasteiger partial charge is 0.418 e. The van der Waals surface area contributed by atoms with Gasteiger partial charge in [-0.05, 0) is 48.4 Å². The summed E-state index contributed by atoms with van der Waals surface area (Å²) < 4.78 is 43.8. The van der Waals surface area contributed by atoms with Crippen LogP contribution in [0.1, 0.15) is 27.5 Å². The van der Waals surface area contributed by atoms with Crippen molar-refractivity contribution >= 4 is 68.1 Å². The molecule has 0 aliphatic carbocycles. The highest BCUT2D eigenvalue weighted by Crippen LogP contribution is 2.54. The van der Waals surface area contributed by atoms with E-state index in [2.05, 4.69) is 21.2 Å². The number of amides is 3. The van der Waals surface area contributed by atoms with Gasteiger partial charge in [0.2, 0.25) is 17.7 Å². The number of carbonyl (C=O) groups excluding carboxylic acids is 3. The van der Waals surface area contributed by atoms with Crippen molar-refractivity contribution in [3.8, 4) is 0 Å². The second-order valence-electron chi connectivity index (χ2n) is 10.1. The second kappa shape index (κ2) is 11.1. The number of fused-ring (bicyclic) bond motifs is 2. The van der Waals surface area contributed by atoms with E-state index in [4.69, 9.17) is 0 Å². The van der Waals surface area contributed by atoms with Crippen LogP contribution in [0, 0.1) is 12.8 Å². The highest BCUT2D eigenvalue weighted by molar-refractivity contribution is 9.10. The number of hydrogen-bond donors (Lipinski definition) is 1. The van der Waals surface area contributed by atoms with Gasteiger partial charge >= 0.3 is 11.0 Å². The third-order valence-electron chi connectivity index (χ3n) is 7.43. The Morgan fingerprint density at radius 1 is 0.977 bits per heavy atom. The number of carbonyl (C=O) groups is 3. The molecule has 3 amide bonds. The average molecular weight is 689 g/mol. The Hall–Kier alpha value is -3.68. The molecule has 2 unspecified atom stereocenters. The summed E-state index contributed by atoms with van der Waals surface area (Å²) in [7, 11) is 0. The zero-order valence-corrected chi connectivity index (χ0v) is 25.4. The maximum atomic E-state index is 14.0. The summed E-state index contributed by atoms with van der Waals surface area (Å²) >= 11 is 5.23. The zero-order valence-electron chi connectivity index (χ0n) is 22.2. The summed E-state index contributed by atoms with van der Waals surface area (Å²) in [5, 5.41) is 2.02. The van der Waals surface area contributed by atoms with Crippen LogP contribution in [0.2, 0.25) is 0 Å². The van der Waals surface area contributed by atoms with E-state index in [1.165, 1.54) is 16.7 Å². The van der Waals surface area contributed by atoms with Gasteiger partial charge in [0.05, 0.1) is 22.2 Å². The molecule has 1 N–H and O–H groups in total. The van der Waals surface area contributed by atoms with Crippen LogP contribution < -0.4 is 15.1 Å². The molecule has 13 heteroatoms. The third kappa shape index (κ3) is 5.23. The van der Waals surface area contributed by atoms with Crippen molar-refractivity contribution in [2.45, 2.75) is 35.8 Å². The van der Waals surface area contributed by atoms with E-state index in [1.807, 2.05) is 19.1 Å². The van der Waals surface area contributed by atoms with E-state index in [-0.39, 0.29) is 6.54 Å². The standard InChI is InChI=1S/C30H21BrF3N3O4S2/c1-15-7-2-4-11-19(15)35-21(38)14-36-28-25(43-29(36)41)22(16-8-6-9-17(31)13-16)23-24(42-28)27(40)37(26(23)39)20-12-5-3-10-18(20)30(32,33)34/h2-13,22-24H,14H2,1H3,(H,35,38)/t22-,23?,24?/m1/s1. The first kappa shape index (κ1) is 29.4. The van der Waals surface area contributed by atoms with Crippen molar-refractivity contribution in [3.63, 3.8) is 0 Å². The van der Waals surface area contributed by atoms with Crippen LogP contribution >= 0.6 is 39.0 Å². The molecule has 220 valence electrons. The fourth-order valence-corrected chi connectivity index (χ4v) is 8.70. The van der Waals surface area contributed by atoms with Crippen molar-refractivity contribution in [2.75, 3.05) is 10.2 Å². The van der Waals surface area contributed by atoms with E-state index < -0.39 is 57.1 Å². The fraction of sp³-hybridized carbons (Fsp3) is 0.200. The molecule has 0 radical (unpaired) electrons. The number of nitrogens with zero attached hydrogens (tertiary/aromatic N) is 2. The van der Waals surface area contributed by atoms with Gasteiger partial charge in [0.15, 0.2) is 0 Å². The molecular formula is C30H21BrF3N3O4S2. The van der Waals surface area contributed by atoms with Gasteiger partial charge in [-0.3, -0.25) is 23.7 Å². The molecule has 1 fully saturated rings. The zero-order chi connectivity index (χ0) is 30.6. The smallest absolute Gasteiger partial charge is 0.324 e. The summed E-state index contributed by atoms with van der Waals surface area (Å²) in [6, 6.07) is 18.7. The first-order valence-electron chi connectivity index (χ1n) is 13.0. The molecule has 2 aliphatic heterocycles. The molecule has 6 rings (SSSR count). The summed E-state index contributed by atoms with van der Waals surface area (Å²) in [6.07, 6.45) is -4.80. The lowest BCUT2D eigenvalue weighted by atomic mass is 9.83. The molecule has 43 heavy (non-hydrogen) atoms. The number of rotatable bonds is 5. The number of benzene rings is 3. The van der Waals surface area contributed by atoms with Crippen LogP contribution in [0.4, 0.5) is 24.5 Å². The van der Waals surface area contributed by atoms with Gasteiger partial charge in [0.1, 0.15) is 11.8 Å². The fourth-order valence-electron chi connectivity index (χ4n) is 5.51. The molecule has 3 heterocycles. The van der Waals surface area contributed by atoms with E-state index in [9.17, 15) is 32.3 Å². The molecule has 2 aliphatic rings. The minimum Gasteiger partial charge on any atom is -0.324 e. The summed E-state index contributed by atoms with van der Waals surface area (Å²) in [5.74, 6) is -3.94. The number of anilines is 2. The van der Waals surface area contributed by atoms with E-state index in [0.29, 0.717) is 30.5 Å². The Balaban J connectivity index is 1.44. The predicted molar refractivity (Wildman–Crippen MR) is 161 cm³/mol. The van der Waals surface area contributed by atoms with E-state index in [1.54, 1.807) is 36.4 Å². The van der Waals surface area contributed by atoms with Crippen LogP contribution in [-0.4, -0.2) is 27.5 Å². The lowest BCUT2D eigenvalue weighted by molar-refractivity contribution is -0.137. The quantitative estimate of drug-likeness (QED) is 0.244. The highest BCUT2D eigenvalue weighted by atomic mass is 79.9. The van der Waals surface area contributed by atoms with Crippen LogP contribution in [0.3, 0.4) is 0 Å². The second-order valence-corrected chi connectivity index (χ2v) is 13.1. The maximum absolute atomic E-state index is 14.0. The Morgan fingerprint density at radius 3 is 2.42 bits per heavy atom. The Labute approximate surface area is 259 Å². The Morgan fingerprint density at radius 2 is 1.70 bits per heavy atom. The minimum absolute atomic E-state index is 0.341. The van der Waals surface area contributed by atoms with Crippen LogP contribution in [0.25, 0.3) is 0 Å². The summed E-state index contributed by atoms with van der Waals surface area (Å²) in [6.45, 7) is 1.48. The SMILES string of the molecule is Cc1ccccc1NC(=O)Cn1c2c(sc1=O)[C@H](c1cccc(Br)c1)C1C(=O)N(c3ccccc3C(F)(F)F)C(=O)C1S2. The number of aromatic nitrogens is 1. The topological polar surface area (TPSA) is 88.5 Å². The molecule has 4 aromatic rings. The van der Waals surface area contributed by atoms with E-state index in [0.717, 1.165) is 40.8 Å². The van der Waals surface area contributed by atoms with Crippen LogP contribution in [0.5, 0.6) is 0 Å². The van der Waals surface area contributed by atoms with Gasteiger partial charge in [0.25, 0.3) is 0 Å². The third-order valence-corrected chi connectivity index (χ3v) is 10.5. The van der Waals surface area contributed by atoms with E-state index >= 15 is 0 Å². The first-order chi connectivity index (χ1) is 20.5. The molecule has 3 aromatic carbocycles. The molecule has 1 aromatic heterocycles. The molecule has 0 spiro atoms. The first-order valence-corrected chi connectivity index (χ1v) is 15.5. The molecule has 7 nitrogen and oxygen atoms in total. The lowest BCUT2D eigenvalue weighted by Gasteiger charge is -2.30. The predicted octanol–water partition coefficient (Wildman–Crippen LogP) is 6.43. The van der Waals surface area contributed by atoms with Crippen molar-refractivity contribution in [2.24, 2.45) is 5.92 Å². The van der Waals surface area contributed by atoms with Gasteiger partial charge in [-0.1, -0.05) is 81.5 Å². The van der Waals surface area contributed by atoms with Gasteiger partial charge in [-0.25, -0.2) is 4.90 Å². The number of alkyl halides is 3. The minimum atomic E-state index is -4.80. The number of hydrogen-bond acceptors (Lipinski definition) is 6. The number of aryl methyl sites for hydroxylation is 1. The summed E-state index contributed by atoms with van der Waals surface area (Å²) in [5.41, 5.74) is 0.387. The number of thiazole rings is 1. The number of para-hydroxylation sites is 2. The Bertz CT molecular complexity index is 1850. The van der Waals surface area contributed by atoms with Crippen LogP contribution in [0.15, 0.2) is 87.1 Å². The molecule has 3 atom stereocenters.